The SMILES string of the molecule is CN(Cc1cccc(=O)[nH]1)C(=O)c1occc1C(=O)O. The van der Waals surface area contributed by atoms with Crippen LogP contribution in [0.3, 0.4) is 0 Å². The van der Waals surface area contributed by atoms with Gasteiger partial charge < -0.3 is 19.4 Å². The van der Waals surface area contributed by atoms with Crippen LogP contribution in [0.2, 0.25) is 0 Å². The highest BCUT2D eigenvalue weighted by molar-refractivity contribution is 6.02. The van der Waals surface area contributed by atoms with Crippen LogP contribution in [0, 0.1) is 0 Å². The first-order valence-corrected chi connectivity index (χ1v) is 5.73. The summed E-state index contributed by atoms with van der Waals surface area (Å²) in [7, 11) is 1.49. The lowest BCUT2D eigenvalue weighted by atomic mass is 10.2. The van der Waals surface area contributed by atoms with E-state index in [1.54, 1.807) is 12.1 Å². The van der Waals surface area contributed by atoms with Crippen molar-refractivity contribution in [3.63, 3.8) is 0 Å². The third kappa shape index (κ3) is 2.77. The molecule has 20 heavy (non-hydrogen) atoms. The molecule has 2 aromatic heterocycles. The molecule has 0 fully saturated rings. The summed E-state index contributed by atoms with van der Waals surface area (Å²) in [5, 5.41) is 8.93. The van der Waals surface area contributed by atoms with Crippen LogP contribution in [0.25, 0.3) is 0 Å². The number of carboxylic acid groups (broad SMARTS) is 1. The molecule has 2 aromatic rings. The highest BCUT2D eigenvalue weighted by Crippen LogP contribution is 2.13. The zero-order valence-corrected chi connectivity index (χ0v) is 10.6. The van der Waals surface area contributed by atoms with E-state index >= 15 is 0 Å². The average molecular weight is 276 g/mol. The fraction of sp³-hybridized carbons (Fsp3) is 0.154. The molecule has 0 aliphatic heterocycles. The molecule has 7 heteroatoms. The van der Waals surface area contributed by atoms with Gasteiger partial charge in [-0.1, -0.05) is 6.07 Å². The Kier molecular flexibility index (Phi) is 3.69. The van der Waals surface area contributed by atoms with Crippen LogP contribution in [-0.2, 0) is 6.54 Å². The van der Waals surface area contributed by atoms with Gasteiger partial charge in [-0.3, -0.25) is 9.59 Å². The van der Waals surface area contributed by atoms with Gasteiger partial charge in [-0.2, -0.15) is 0 Å². The number of aromatic nitrogens is 1. The molecule has 104 valence electrons. The molecule has 1 amide bonds. The number of hydrogen-bond donors (Lipinski definition) is 2. The second-order valence-electron chi connectivity index (χ2n) is 4.17. The Hall–Kier alpha value is -2.83. The summed E-state index contributed by atoms with van der Waals surface area (Å²) in [6.07, 6.45) is 1.15. The van der Waals surface area contributed by atoms with Gasteiger partial charge in [0.1, 0.15) is 5.56 Å². The Balaban J connectivity index is 2.18. The molecule has 0 aliphatic rings. The third-order valence-electron chi connectivity index (χ3n) is 2.67. The maximum absolute atomic E-state index is 12.1. The van der Waals surface area contributed by atoms with E-state index < -0.39 is 11.9 Å². The summed E-state index contributed by atoms with van der Waals surface area (Å²) in [5.74, 6) is -2.04. The second kappa shape index (κ2) is 5.43. The van der Waals surface area contributed by atoms with E-state index in [-0.39, 0.29) is 23.4 Å². The highest BCUT2D eigenvalue weighted by atomic mass is 16.4. The van der Waals surface area contributed by atoms with Gasteiger partial charge in [0.05, 0.1) is 12.8 Å². The summed E-state index contributed by atoms with van der Waals surface area (Å²) in [6.45, 7) is 0.134. The van der Waals surface area contributed by atoms with Gasteiger partial charge in [0, 0.05) is 18.8 Å². The second-order valence-corrected chi connectivity index (χ2v) is 4.17. The van der Waals surface area contributed by atoms with E-state index in [9.17, 15) is 14.4 Å². The Morgan fingerprint density at radius 3 is 2.75 bits per heavy atom. The van der Waals surface area contributed by atoms with Crippen molar-refractivity contribution < 1.29 is 19.1 Å². The van der Waals surface area contributed by atoms with E-state index in [0.29, 0.717) is 5.69 Å². The van der Waals surface area contributed by atoms with Crippen molar-refractivity contribution in [2.24, 2.45) is 0 Å². The number of amides is 1. The van der Waals surface area contributed by atoms with Gasteiger partial charge in [0.2, 0.25) is 11.3 Å². The molecule has 0 atom stereocenters. The molecule has 7 nitrogen and oxygen atoms in total. The molecule has 0 bridgehead atoms. The average Bonchev–Trinajstić information content (AvgIpc) is 2.87. The minimum atomic E-state index is -1.23. The smallest absolute Gasteiger partial charge is 0.339 e. The Morgan fingerprint density at radius 2 is 2.10 bits per heavy atom. The van der Waals surface area contributed by atoms with Crippen LogP contribution >= 0.6 is 0 Å². The molecule has 0 unspecified atom stereocenters. The first kappa shape index (κ1) is 13.6. The number of carboxylic acids is 1. The van der Waals surface area contributed by atoms with Crippen molar-refractivity contribution in [1.82, 2.24) is 9.88 Å². The van der Waals surface area contributed by atoms with Crippen LogP contribution in [0.4, 0.5) is 0 Å². The molecule has 0 aromatic carbocycles. The van der Waals surface area contributed by atoms with Gasteiger partial charge in [0.15, 0.2) is 0 Å². The molecule has 2 heterocycles. The topological polar surface area (TPSA) is 104 Å². The Labute approximate surface area is 113 Å². The summed E-state index contributed by atoms with van der Waals surface area (Å²) in [4.78, 5) is 38.0. The van der Waals surface area contributed by atoms with Crippen molar-refractivity contribution in [3.8, 4) is 0 Å². The fourth-order valence-corrected chi connectivity index (χ4v) is 1.73. The number of H-pyrrole nitrogens is 1. The van der Waals surface area contributed by atoms with Crippen molar-refractivity contribution in [2.45, 2.75) is 6.54 Å². The molecular weight excluding hydrogens is 264 g/mol. The lowest BCUT2D eigenvalue weighted by molar-refractivity contribution is 0.0669. The van der Waals surface area contributed by atoms with E-state index in [0.717, 1.165) is 6.26 Å². The number of furan rings is 1. The number of carbonyl (C=O) groups is 2. The van der Waals surface area contributed by atoms with Gasteiger partial charge in [-0.15, -0.1) is 0 Å². The lowest BCUT2D eigenvalue weighted by Gasteiger charge is -2.15. The van der Waals surface area contributed by atoms with Crippen LogP contribution < -0.4 is 5.56 Å². The predicted octanol–water partition coefficient (Wildman–Crippen LogP) is 0.938. The lowest BCUT2D eigenvalue weighted by Crippen LogP contribution is -2.28. The zero-order chi connectivity index (χ0) is 14.7. The monoisotopic (exact) mass is 276 g/mol. The fourth-order valence-electron chi connectivity index (χ4n) is 1.73. The van der Waals surface area contributed by atoms with Gasteiger partial charge in [0.25, 0.3) is 5.91 Å². The molecular formula is C13H12N2O5. The van der Waals surface area contributed by atoms with Crippen molar-refractivity contribution in [1.29, 1.82) is 0 Å². The number of carbonyl (C=O) groups excluding carboxylic acids is 1. The number of nitrogens with one attached hydrogen (secondary N) is 1. The number of nitrogens with zero attached hydrogens (tertiary/aromatic N) is 1. The van der Waals surface area contributed by atoms with Crippen LogP contribution in [0.5, 0.6) is 0 Å². The van der Waals surface area contributed by atoms with E-state index in [1.807, 2.05) is 0 Å². The molecule has 0 saturated heterocycles. The molecule has 0 spiro atoms. The molecule has 0 saturated carbocycles. The quantitative estimate of drug-likeness (QED) is 0.864. The maximum atomic E-state index is 12.1. The van der Waals surface area contributed by atoms with Gasteiger partial charge >= 0.3 is 5.97 Å². The number of aromatic amines is 1. The van der Waals surface area contributed by atoms with E-state index in [1.165, 1.54) is 24.1 Å². The number of hydrogen-bond acceptors (Lipinski definition) is 4. The third-order valence-corrected chi connectivity index (χ3v) is 2.67. The van der Waals surface area contributed by atoms with Crippen molar-refractivity contribution in [3.05, 3.63) is 57.9 Å². The van der Waals surface area contributed by atoms with Crippen molar-refractivity contribution >= 4 is 11.9 Å². The predicted molar refractivity (Wildman–Crippen MR) is 68.5 cm³/mol. The Bertz CT molecular complexity index is 701. The molecule has 2 N–H and O–H groups in total. The number of rotatable bonds is 4. The number of aromatic carboxylic acids is 1. The van der Waals surface area contributed by atoms with Crippen LogP contribution in [0.15, 0.2) is 39.7 Å². The van der Waals surface area contributed by atoms with Gasteiger partial charge in [-0.25, -0.2) is 4.79 Å². The molecule has 0 radical (unpaired) electrons. The molecule has 2 rings (SSSR count). The molecule has 0 aliphatic carbocycles. The van der Waals surface area contributed by atoms with E-state index in [2.05, 4.69) is 4.98 Å². The van der Waals surface area contributed by atoms with Crippen molar-refractivity contribution in [2.75, 3.05) is 7.05 Å². The minimum absolute atomic E-state index is 0.134. The maximum Gasteiger partial charge on any atom is 0.339 e. The Morgan fingerprint density at radius 1 is 1.35 bits per heavy atom. The summed E-state index contributed by atoms with van der Waals surface area (Å²) in [6, 6.07) is 5.81. The summed E-state index contributed by atoms with van der Waals surface area (Å²) < 4.78 is 4.93. The zero-order valence-electron chi connectivity index (χ0n) is 10.6. The van der Waals surface area contributed by atoms with Crippen LogP contribution in [-0.4, -0.2) is 33.9 Å². The van der Waals surface area contributed by atoms with Gasteiger partial charge in [-0.05, 0) is 12.1 Å². The standard InChI is InChI=1S/C13H12N2O5/c1-15(7-8-3-2-4-10(16)14-8)12(17)11-9(13(18)19)5-6-20-11/h2-6H,7H2,1H3,(H,14,16)(H,18,19). The first-order chi connectivity index (χ1) is 9.49. The summed E-state index contributed by atoms with van der Waals surface area (Å²) in [5.41, 5.74) is 0.0766. The minimum Gasteiger partial charge on any atom is -0.478 e. The number of pyridine rings is 1. The van der Waals surface area contributed by atoms with E-state index in [4.69, 9.17) is 9.52 Å². The normalized spacial score (nSPS) is 10.2. The largest absolute Gasteiger partial charge is 0.478 e. The highest BCUT2D eigenvalue weighted by Gasteiger charge is 2.23. The summed E-state index contributed by atoms with van der Waals surface area (Å²) >= 11 is 0. The van der Waals surface area contributed by atoms with Crippen LogP contribution in [0.1, 0.15) is 26.6 Å². The first-order valence-electron chi connectivity index (χ1n) is 5.73.